The molecular formula is C22H28N2O2S. The highest BCUT2D eigenvalue weighted by molar-refractivity contribution is 7.99. The molecule has 0 radical (unpaired) electrons. The van der Waals surface area contributed by atoms with E-state index in [1.807, 2.05) is 13.8 Å². The van der Waals surface area contributed by atoms with Crippen molar-refractivity contribution >= 4 is 17.7 Å². The van der Waals surface area contributed by atoms with Crippen molar-refractivity contribution in [3.63, 3.8) is 0 Å². The topological polar surface area (TPSA) is 46.3 Å². The minimum Gasteiger partial charge on any atom is -0.361 e. The van der Waals surface area contributed by atoms with Crippen LogP contribution in [-0.4, -0.2) is 33.8 Å². The lowest BCUT2D eigenvalue weighted by atomic mass is 9.81. The van der Waals surface area contributed by atoms with Gasteiger partial charge in [0.1, 0.15) is 5.76 Å². The van der Waals surface area contributed by atoms with Gasteiger partial charge in [-0.25, -0.2) is 0 Å². The van der Waals surface area contributed by atoms with Crippen LogP contribution in [0.4, 0.5) is 0 Å². The lowest BCUT2D eigenvalue weighted by Gasteiger charge is -2.26. The summed E-state index contributed by atoms with van der Waals surface area (Å²) in [5.74, 6) is 5.39. The molecule has 2 saturated heterocycles. The fraction of sp³-hybridized carbons (Fsp3) is 0.545. The average molecular weight is 385 g/mol. The first kappa shape index (κ1) is 19.8. The Morgan fingerprint density at radius 3 is 2.81 bits per heavy atom. The van der Waals surface area contributed by atoms with E-state index < -0.39 is 0 Å². The number of allylic oxidation sites excluding steroid dienone is 3. The number of hydrogen-bond acceptors (Lipinski definition) is 4. The van der Waals surface area contributed by atoms with Crippen LogP contribution in [-0.2, 0) is 10.5 Å². The Morgan fingerprint density at radius 1 is 1.41 bits per heavy atom. The zero-order valence-corrected chi connectivity index (χ0v) is 17.4. The van der Waals surface area contributed by atoms with Gasteiger partial charge in [0.2, 0.25) is 5.91 Å². The third kappa shape index (κ3) is 4.01. The van der Waals surface area contributed by atoms with E-state index in [1.54, 1.807) is 17.8 Å². The van der Waals surface area contributed by atoms with Gasteiger partial charge in [-0.05, 0) is 58.6 Å². The third-order valence-electron chi connectivity index (χ3n) is 5.81. The summed E-state index contributed by atoms with van der Waals surface area (Å²) in [5.41, 5.74) is 4.63. The molecule has 27 heavy (non-hydrogen) atoms. The number of terminal acetylenes is 1. The van der Waals surface area contributed by atoms with Crippen LogP contribution in [0.2, 0.25) is 0 Å². The van der Waals surface area contributed by atoms with Gasteiger partial charge in [0.25, 0.3) is 0 Å². The Labute approximate surface area is 166 Å². The molecule has 1 aromatic heterocycles. The van der Waals surface area contributed by atoms with Gasteiger partial charge in [0, 0.05) is 29.3 Å². The van der Waals surface area contributed by atoms with Crippen LogP contribution in [0.25, 0.3) is 0 Å². The monoisotopic (exact) mass is 384 g/mol. The van der Waals surface area contributed by atoms with Crippen LogP contribution in [0.1, 0.15) is 50.1 Å². The Morgan fingerprint density at radius 2 is 2.19 bits per heavy atom. The summed E-state index contributed by atoms with van der Waals surface area (Å²) in [6.07, 6.45) is 12.5. The number of aryl methyl sites for hydroxylation is 2. The van der Waals surface area contributed by atoms with Crippen molar-refractivity contribution in [2.45, 2.75) is 64.8 Å². The van der Waals surface area contributed by atoms with Gasteiger partial charge in [-0.3, -0.25) is 4.79 Å². The van der Waals surface area contributed by atoms with E-state index >= 15 is 0 Å². The molecule has 0 aromatic carbocycles. The number of amides is 1. The standard InChI is InChI=1S/C22H28N2O2S/c1-6-7-8-18(14(2)3)19-11-17-9-10-21(19)24(17)22(25)13-27-12-20-15(4)23-26-16(20)5/h1,7-8,17,19,21H,9-13H2,2-5H3/b8-7-. The van der Waals surface area contributed by atoms with Crippen molar-refractivity contribution in [3.8, 4) is 12.3 Å². The fourth-order valence-corrected chi connectivity index (χ4v) is 5.58. The molecule has 3 rings (SSSR count). The number of thioether (sulfide) groups is 1. The maximum absolute atomic E-state index is 13.0. The molecule has 4 nitrogen and oxygen atoms in total. The number of carbonyl (C=O) groups is 1. The second-order valence-electron chi connectivity index (χ2n) is 7.69. The Bertz CT molecular complexity index is 791. The van der Waals surface area contributed by atoms with E-state index in [9.17, 15) is 4.79 Å². The van der Waals surface area contributed by atoms with Crippen molar-refractivity contribution in [2.24, 2.45) is 5.92 Å². The highest BCUT2D eigenvalue weighted by atomic mass is 32.2. The highest BCUT2D eigenvalue weighted by Crippen LogP contribution is 2.46. The van der Waals surface area contributed by atoms with Crippen molar-refractivity contribution in [1.29, 1.82) is 0 Å². The molecule has 2 fully saturated rings. The summed E-state index contributed by atoms with van der Waals surface area (Å²) in [4.78, 5) is 15.1. The first-order chi connectivity index (χ1) is 12.9. The van der Waals surface area contributed by atoms with Crippen LogP contribution >= 0.6 is 11.8 Å². The average Bonchev–Trinajstić information content (AvgIpc) is 3.29. The summed E-state index contributed by atoms with van der Waals surface area (Å²) in [7, 11) is 0. The first-order valence-electron chi connectivity index (χ1n) is 9.54. The molecular weight excluding hydrogens is 356 g/mol. The quantitative estimate of drug-likeness (QED) is 0.538. The molecule has 2 aliphatic heterocycles. The van der Waals surface area contributed by atoms with E-state index in [4.69, 9.17) is 10.9 Å². The molecule has 1 amide bonds. The molecule has 0 saturated carbocycles. The molecule has 0 spiro atoms. The Balaban J connectivity index is 1.64. The molecule has 1 aromatic rings. The van der Waals surface area contributed by atoms with Crippen molar-refractivity contribution in [2.75, 3.05) is 5.75 Å². The van der Waals surface area contributed by atoms with E-state index in [-0.39, 0.29) is 5.91 Å². The molecule has 2 aliphatic rings. The number of aromatic nitrogens is 1. The molecule has 3 unspecified atom stereocenters. The SMILES string of the molecule is C#C/C=C\C(=C(C)C)C1CC2CCC1N2C(=O)CSCc1c(C)noc1C. The maximum Gasteiger partial charge on any atom is 0.233 e. The predicted octanol–water partition coefficient (Wildman–Crippen LogP) is 4.43. The Hall–Kier alpha value is -1.93. The molecule has 2 bridgehead atoms. The number of nitrogens with zero attached hydrogens (tertiary/aromatic N) is 2. The lowest BCUT2D eigenvalue weighted by molar-refractivity contribution is -0.129. The van der Waals surface area contributed by atoms with Gasteiger partial charge in [0.05, 0.1) is 11.4 Å². The van der Waals surface area contributed by atoms with E-state index in [0.717, 1.165) is 42.0 Å². The van der Waals surface area contributed by atoms with Crippen molar-refractivity contribution < 1.29 is 9.32 Å². The predicted molar refractivity (Wildman–Crippen MR) is 110 cm³/mol. The van der Waals surface area contributed by atoms with E-state index in [2.05, 4.69) is 35.9 Å². The van der Waals surface area contributed by atoms with Crippen LogP contribution < -0.4 is 0 Å². The molecule has 0 aliphatic carbocycles. The first-order valence-corrected chi connectivity index (χ1v) is 10.7. The minimum absolute atomic E-state index is 0.260. The van der Waals surface area contributed by atoms with E-state index in [0.29, 0.717) is 23.8 Å². The largest absolute Gasteiger partial charge is 0.361 e. The van der Waals surface area contributed by atoms with E-state index in [1.165, 1.54) is 11.1 Å². The molecule has 5 heteroatoms. The summed E-state index contributed by atoms with van der Waals surface area (Å²) in [6, 6.07) is 0.690. The van der Waals surface area contributed by atoms with Crippen LogP contribution in [0.3, 0.4) is 0 Å². The number of rotatable bonds is 6. The van der Waals surface area contributed by atoms with Crippen molar-refractivity contribution in [1.82, 2.24) is 10.1 Å². The van der Waals surface area contributed by atoms with Gasteiger partial charge in [0.15, 0.2) is 0 Å². The summed E-state index contributed by atoms with van der Waals surface area (Å²) >= 11 is 1.65. The van der Waals surface area contributed by atoms with Crippen molar-refractivity contribution in [3.05, 3.63) is 40.3 Å². The number of fused-ring (bicyclic) bond motifs is 2. The number of carbonyl (C=O) groups excluding carboxylic acids is 1. The van der Waals surface area contributed by atoms with Crippen LogP contribution in [0.5, 0.6) is 0 Å². The second-order valence-corrected chi connectivity index (χ2v) is 8.68. The summed E-state index contributed by atoms with van der Waals surface area (Å²) in [5, 5.41) is 3.99. The zero-order valence-electron chi connectivity index (χ0n) is 16.6. The fourth-order valence-electron chi connectivity index (χ4n) is 4.53. The lowest BCUT2D eigenvalue weighted by Crippen LogP contribution is -2.38. The normalized spacial score (nSPS) is 23.8. The Kier molecular flexibility index (Phi) is 6.16. The van der Waals surface area contributed by atoms with Gasteiger partial charge < -0.3 is 9.42 Å². The second kappa shape index (κ2) is 8.39. The van der Waals surface area contributed by atoms with Gasteiger partial charge in [-0.15, -0.1) is 18.2 Å². The maximum atomic E-state index is 13.0. The van der Waals surface area contributed by atoms with Gasteiger partial charge in [-0.1, -0.05) is 22.7 Å². The van der Waals surface area contributed by atoms with Crippen LogP contribution in [0, 0.1) is 32.1 Å². The van der Waals surface area contributed by atoms with Crippen LogP contribution in [0.15, 0.2) is 27.8 Å². The smallest absolute Gasteiger partial charge is 0.233 e. The number of hydrogen-bond donors (Lipinski definition) is 0. The summed E-state index contributed by atoms with van der Waals surface area (Å²) < 4.78 is 5.21. The summed E-state index contributed by atoms with van der Waals surface area (Å²) in [6.45, 7) is 8.14. The molecule has 3 heterocycles. The molecule has 144 valence electrons. The molecule has 3 atom stereocenters. The minimum atomic E-state index is 0.260. The molecule has 0 N–H and O–H groups in total. The highest BCUT2D eigenvalue weighted by Gasteiger charge is 2.48. The zero-order chi connectivity index (χ0) is 19.6. The van der Waals surface area contributed by atoms with Gasteiger partial charge in [-0.2, -0.15) is 0 Å². The third-order valence-corrected chi connectivity index (χ3v) is 6.76. The van der Waals surface area contributed by atoms with Gasteiger partial charge >= 0.3 is 0 Å².